The highest BCUT2D eigenvalue weighted by Crippen LogP contribution is 2.38. The van der Waals surface area contributed by atoms with Crippen molar-refractivity contribution in [2.75, 3.05) is 7.11 Å². The first kappa shape index (κ1) is 25.9. The Hall–Kier alpha value is -3.71. The molecule has 2 aromatic heterocycles. The Balaban J connectivity index is 1.60. The molecule has 0 N–H and O–H groups in total. The Kier molecular flexibility index (Phi) is 8.03. The van der Waals surface area contributed by atoms with Crippen LogP contribution in [0.3, 0.4) is 0 Å². The molecule has 0 bridgehead atoms. The Bertz CT molecular complexity index is 1520. The van der Waals surface area contributed by atoms with Gasteiger partial charge >= 0.3 is 0 Å². The lowest BCUT2D eigenvalue weighted by molar-refractivity contribution is 0.250. The summed E-state index contributed by atoms with van der Waals surface area (Å²) in [5.41, 5.74) is 1.40. The molecule has 0 aliphatic heterocycles. The van der Waals surface area contributed by atoms with Crippen molar-refractivity contribution in [1.29, 1.82) is 0 Å². The van der Waals surface area contributed by atoms with E-state index in [4.69, 9.17) is 9.15 Å². The molecule has 0 spiro atoms. The van der Waals surface area contributed by atoms with E-state index in [0.717, 1.165) is 59.1 Å². The van der Waals surface area contributed by atoms with Gasteiger partial charge in [0.2, 0.25) is 11.8 Å². The van der Waals surface area contributed by atoms with Crippen LogP contribution >= 0.6 is 11.5 Å². The van der Waals surface area contributed by atoms with E-state index in [1.807, 2.05) is 70.7 Å². The fraction of sp³-hybridized carbons (Fsp3) is 0.323. The highest BCUT2D eigenvalue weighted by molar-refractivity contribution is 7.14. The predicted molar refractivity (Wildman–Crippen MR) is 152 cm³/mol. The van der Waals surface area contributed by atoms with Gasteiger partial charge in [0.25, 0.3) is 5.56 Å². The van der Waals surface area contributed by atoms with Gasteiger partial charge in [-0.15, -0.1) is 10.2 Å². The first-order chi connectivity index (χ1) is 18.6. The summed E-state index contributed by atoms with van der Waals surface area (Å²) in [4.78, 5) is 13.9. The second-order valence-corrected chi connectivity index (χ2v) is 10.7. The zero-order valence-corrected chi connectivity index (χ0v) is 22.7. The van der Waals surface area contributed by atoms with E-state index in [9.17, 15) is 4.79 Å². The lowest BCUT2D eigenvalue weighted by Gasteiger charge is -2.31. The van der Waals surface area contributed by atoms with E-state index in [-0.39, 0.29) is 5.56 Å². The fourth-order valence-electron chi connectivity index (χ4n) is 4.99. The van der Waals surface area contributed by atoms with Gasteiger partial charge in [0.1, 0.15) is 11.3 Å². The number of fused-ring (bicyclic) bond motifs is 1. The zero-order chi connectivity index (χ0) is 26.4. The topological polar surface area (TPSA) is 70.2 Å². The standard InChI is InChI=1S/C31H33N3O3S/c1-3-4-5-11-20-31(22-24-12-7-6-8-13-24,34-29(35)26-14-9-10-15-27(26)38-34)30-33-32-28(37-30)21-23-16-18-25(36-2)19-17-23/h6-10,12-19H,3-5,11,20-22H2,1-2H3. The number of hydrogen-bond donors (Lipinski definition) is 0. The van der Waals surface area contributed by atoms with Crippen LogP contribution in [0, 0.1) is 0 Å². The van der Waals surface area contributed by atoms with E-state index in [1.165, 1.54) is 11.5 Å². The number of ether oxygens (including phenoxy) is 1. The van der Waals surface area contributed by atoms with Crippen LogP contribution in [0.1, 0.15) is 61.9 Å². The largest absolute Gasteiger partial charge is 0.497 e. The molecule has 6 nitrogen and oxygen atoms in total. The maximum absolute atomic E-state index is 13.9. The van der Waals surface area contributed by atoms with Crippen molar-refractivity contribution < 1.29 is 9.15 Å². The predicted octanol–water partition coefficient (Wildman–Crippen LogP) is 7.00. The van der Waals surface area contributed by atoms with Crippen LogP contribution in [0.5, 0.6) is 5.75 Å². The molecular weight excluding hydrogens is 494 g/mol. The minimum Gasteiger partial charge on any atom is -0.497 e. The van der Waals surface area contributed by atoms with Gasteiger partial charge in [-0.1, -0.05) is 98.7 Å². The number of hydrogen-bond acceptors (Lipinski definition) is 6. The quantitative estimate of drug-likeness (QED) is 0.163. The van der Waals surface area contributed by atoms with Crippen LogP contribution in [-0.4, -0.2) is 21.3 Å². The molecule has 0 aliphatic carbocycles. The van der Waals surface area contributed by atoms with E-state index in [0.29, 0.717) is 24.6 Å². The van der Waals surface area contributed by atoms with Gasteiger partial charge < -0.3 is 9.15 Å². The van der Waals surface area contributed by atoms with Gasteiger partial charge in [-0.2, -0.15) is 0 Å². The third-order valence-corrected chi connectivity index (χ3v) is 8.29. The van der Waals surface area contributed by atoms with Gasteiger partial charge in [0.15, 0.2) is 0 Å². The van der Waals surface area contributed by atoms with Gasteiger partial charge in [0, 0.05) is 6.42 Å². The summed E-state index contributed by atoms with van der Waals surface area (Å²) in [6.07, 6.45) is 6.17. The molecule has 0 amide bonds. The number of rotatable bonds is 12. The fourth-order valence-corrected chi connectivity index (χ4v) is 6.17. The lowest BCUT2D eigenvalue weighted by atomic mass is 9.85. The second-order valence-electron chi connectivity index (χ2n) is 9.72. The number of nitrogens with zero attached hydrogens (tertiary/aromatic N) is 3. The summed E-state index contributed by atoms with van der Waals surface area (Å²) in [5.74, 6) is 1.83. The molecule has 0 radical (unpaired) electrons. The second kappa shape index (κ2) is 11.8. The van der Waals surface area contributed by atoms with Crippen LogP contribution in [0.4, 0.5) is 0 Å². The molecule has 2 heterocycles. The minimum atomic E-state index is -0.777. The first-order valence-corrected chi connectivity index (χ1v) is 14.0. The monoisotopic (exact) mass is 527 g/mol. The molecule has 0 saturated carbocycles. The third-order valence-electron chi connectivity index (χ3n) is 7.04. The van der Waals surface area contributed by atoms with Crippen molar-refractivity contribution in [1.82, 2.24) is 14.2 Å². The molecule has 0 saturated heterocycles. The van der Waals surface area contributed by atoms with E-state index in [2.05, 4.69) is 29.3 Å². The highest BCUT2D eigenvalue weighted by Gasteiger charge is 2.42. The maximum atomic E-state index is 13.9. The van der Waals surface area contributed by atoms with Crippen LogP contribution in [0.25, 0.3) is 10.1 Å². The van der Waals surface area contributed by atoms with Crippen molar-refractivity contribution in [3.05, 3.63) is 112 Å². The maximum Gasteiger partial charge on any atom is 0.269 e. The molecule has 196 valence electrons. The normalized spacial score (nSPS) is 13.0. The van der Waals surface area contributed by atoms with Crippen LogP contribution < -0.4 is 10.3 Å². The van der Waals surface area contributed by atoms with Crippen LogP contribution in [0.15, 0.2) is 88.1 Å². The van der Waals surface area contributed by atoms with E-state index < -0.39 is 5.54 Å². The average molecular weight is 528 g/mol. The van der Waals surface area contributed by atoms with Crippen molar-refractivity contribution in [3.63, 3.8) is 0 Å². The Morgan fingerprint density at radius 3 is 2.39 bits per heavy atom. The summed E-state index contributed by atoms with van der Waals surface area (Å²) in [6, 6.07) is 25.9. The van der Waals surface area contributed by atoms with Gasteiger partial charge in [-0.3, -0.25) is 4.79 Å². The van der Waals surface area contributed by atoms with Crippen LogP contribution in [-0.2, 0) is 18.4 Å². The molecule has 1 unspecified atom stereocenters. The van der Waals surface area contributed by atoms with Crippen molar-refractivity contribution in [2.45, 2.75) is 57.4 Å². The highest BCUT2D eigenvalue weighted by atomic mass is 32.1. The summed E-state index contributed by atoms with van der Waals surface area (Å²) in [5, 5.41) is 9.79. The van der Waals surface area contributed by atoms with E-state index >= 15 is 0 Å². The van der Waals surface area contributed by atoms with Crippen molar-refractivity contribution in [3.8, 4) is 5.75 Å². The van der Waals surface area contributed by atoms with Crippen LogP contribution in [0.2, 0.25) is 0 Å². The van der Waals surface area contributed by atoms with Gasteiger partial charge in [-0.25, -0.2) is 3.96 Å². The molecule has 7 heteroatoms. The van der Waals surface area contributed by atoms with Gasteiger partial charge in [-0.05, 0) is 41.8 Å². The molecular formula is C31H33N3O3S. The molecule has 38 heavy (non-hydrogen) atoms. The number of benzene rings is 3. The first-order valence-electron chi connectivity index (χ1n) is 13.2. The molecule has 5 rings (SSSR count). The summed E-state index contributed by atoms with van der Waals surface area (Å²) in [6.45, 7) is 2.21. The third kappa shape index (κ3) is 5.43. The van der Waals surface area contributed by atoms with E-state index in [1.54, 1.807) is 7.11 Å². The van der Waals surface area contributed by atoms with Crippen molar-refractivity contribution in [2.24, 2.45) is 0 Å². The Morgan fingerprint density at radius 1 is 0.895 bits per heavy atom. The molecule has 1 atom stereocenters. The number of unbranched alkanes of at least 4 members (excludes halogenated alkanes) is 3. The summed E-state index contributed by atoms with van der Waals surface area (Å²) >= 11 is 1.49. The molecule has 0 aliphatic rings. The molecule has 3 aromatic carbocycles. The average Bonchev–Trinajstić information content (AvgIpc) is 3.56. The summed E-state index contributed by atoms with van der Waals surface area (Å²) in [7, 11) is 1.65. The smallest absolute Gasteiger partial charge is 0.269 e. The number of methoxy groups -OCH3 is 1. The zero-order valence-electron chi connectivity index (χ0n) is 21.9. The Labute approximate surface area is 227 Å². The SMILES string of the molecule is CCCCCCC(Cc1ccccc1)(c1nnc(Cc2ccc(OC)cc2)o1)n1sc2ccccc2c1=O. The number of aromatic nitrogens is 3. The molecule has 0 fully saturated rings. The molecule has 5 aromatic rings. The summed E-state index contributed by atoms with van der Waals surface area (Å²) < 4.78 is 14.6. The minimum absolute atomic E-state index is 0.00747. The lowest BCUT2D eigenvalue weighted by Crippen LogP contribution is -2.42. The van der Waals surface area contributed by atoms with Gasteiger partial charge in [0.05, 0.1) is 23.6 Å². The Morgan fingerprint density at radius 2 is 1.66 bits per heavy atom. The van der Waals surface area contributed by atoms with Crippen molar-refractivity contribution >= 4 is 21.6 Å².